The number of pyridine rings is 1. The van der Waals surface area contributed by atoms with Crippen LogP contribution in [0.2, 0.25) is 5.02 Å². The van der Waals surface area contributed by atoms with E-state index in [1.807, 2.05) is 60.7 Å². The summed E-state index contributed by atoms with van der Waals surface area (Å²) in [6, 6.07) is 19.6. The van der Waals surface area contributed by atoms with Gasteiger partial charge in [-0.25, -0.2) is 4.98 Å². The van der Waals surface area contributed by atoms with E-state index in [2.05, 4.69) is 4.98 Å². The van der Waals surface area contributed by atoms with Gasteiger partial charge in [0.1, 0.15) is 18.2 Å². The van der Waals surface area contributed by atoms with E-state index in [1.54, 1.807) is 0 Å². The molecule has 2 aromatic carbocycles. The summed E-state index contributed by atoms with van der Waals surface area (Å²) in [5.74, 6) is 1.27. The summed E-state index contributed by atoms with van der Waals surface area (Å²) in [6.07, 6.45) is 1.54. The first-order valence-electron chi connectivity index (χ1n) is 6.90. The Morgan fingerprint density at radius 2 is 1.73 bits per heavy atom. The lowest BCUT2D eigenvalue weighted by Gasteiger charge is -2.09. The van der Waals surface area contributed by atoms with E-state index in [0.29, 0.717) is 17.4 Å². The smallest absolute Gasteiger partial charge is 0.131 e. The lowest BCUT2D eigenvalue weighted by Crippen LogP contribution is -1.96. The highest BCUT2D eigenvalue weighted by atomic mass is 35.5. The zero-order valence-electron chi connectivity index (χ0n) is 11.9. The maximum absolute atomic E-state index is 5.97. The number of nitrogen functional groups attached to an aromatic ring is 1. The second kappa shape index (κ2) is 6.50. The van der Waals surface area contributed by atoms with Gasteiger partial charge >= 0.3 is 0 Å². The van der Waals surface area contributed by atoms with Crippen molar-refractivity contribution in [3.63, 3.8) is 0 Å². The predicted octanol–water partition coefficient (Wildman–Crippen LogP) is 4.56. The van der Waals surface area contributed by atoms with Crippen molar-refractivity contribution in [1.29, 1.82) is 0 Å². The Labute approximate surface area is 134 Å². The fourth-order valence-corrected chi connectivity index (χ4v) is 2.31. The van der Waals surface area contributed by atoms with E-state index in [4.69, 9.17) is 22.1 Å². The van der Waals surface area contributed by atoms with Gasteiger partial charge in [-0.15, -0.1) is 0 Å². The summed E-state index contributed by atoms with van der Waals surface area (Å²) in [6.45, 7) is 0.543. The van der Waals surface area contributed by atoms with Crippen LogP contribution in [-0.4, -0.2) is 4.98 Å². The molecule has 0 spiro atoms. The standard InChI is InChI=1S/C18H15ClN2O/c19-15-10-17(18(20)21-11-15)14-6-8-16(9-7-14)22-12-13-4-2-1-3-5-13/h1-11H,12H2,(H2,20,21). The third-order valence-electron chi connectivity index (χ3n) is 3.30. The number of aromatic nitrogens is 1. The van der Waals surface area contributed by atoms with Gasteiger partial charge in [-0.3, -0.25) is 0 Å². The highest BCUT2D eigenvalue weighted by Gasteiger charge is 2.05. The molecule has 2 N–H and O–H groups in total. The van der Waals surface area contributed by atoms with Gasteiger partial charge in [-0.05, 0) is 29.3 Å². The van der Waals surface area contributed by atoms with Gasteiger partial charge in [0.05, 0.1) is 5.02 Å². The third-order valence-corrected chi connectivity index (χ3v) is 3.51. The Morgan fingerprint density at radius 3 is 2.45 bits per heavy atom. The molecule has 1 aromatic heterocycles. The second-order valence-electron chi connectivity index (χ2n) is 4.88. The van der Waals surface area contributed by atoms with Gasteiger partial charge in [-0.1, -0.05) is 54.1 Å². The van der Waals surface area contributed by atoms with Gasteiger partial charge in [0.2, 0.25) is 0 Å². The molecule has 3 nitrogen and oxygen atoms in total. The first-order chi connectivity index (χ1) is 10.7. The van der Waals surface area contributed by atoms with E-state index in [-0.39, 0.29) is 0 Å². The molecule has 3 rings (SSSR count). The second-order valence-corrected chi connectivity index (χ2v) is 5.32. The van der Waals surface area contributed by atoms with Crippen molar-refractivity contribution in [1.82, 2.24) is 4.98 Å². The van der Waals surface area contributed by atoms with Crippen LogP contribution in [0.15, 0.2) is 66.9 Å². The molecule has 0 saturated carbocycles. The van der Waals surface area contributed by atoms with E-state index >= 15 is 0 Å². The minimum absolute atomic E-state index is 0.461. The van der Waals surface area contributed by atoms with E-state index in [1.165, 1.54) is 6.20 Å². The lowest BCUT2D eigenvalue weighted by molar-refractivity contribution is 0.306. The molecule has 0 aliphatic rings. The molecule has 0 aliphatic heterocycles. The van der Waals surface area contributed by atoms with Crippen LogP contribution in [0, 0.1) is 0 Å². The molecule has 0 aliphatic carbocycles. The zero-order chi connectivity index (χ0) is 15.4. The Balaban J connectivity index is 1.74. The molecule has 0 saturated heterocycles. The lowest BCUT2D eigenvalue weighted by atomic mass is 10.1. The molecule has 0 radical (unpaired) electrons. The van der Waals surface area contributed by atoms with E-state index in [9.17, 15) is 0 Å². The van der Waals surface area contributed by atoms with E-state index in [0.717, 1.165) is 22.4 Å². The van der Waals surface area contributed by atoms with Crippen LogP contribution in [0.4, 0.5) is 5.82 Å². The molecule has 0 fully saturated rings. The van der Waals surface area contributed by atoms with Crippen molar-refractivity contribution >= 4 is 17.4 Å². The van der Waals surface area contributed by atoms with Crippen LogP contribution in [0.3, 0.4) is 0 Å². The van der Waals surface area contributed by atoms with Crippen LogP contribution in [0.1, 0.15) is 5.56 Å². The van der Waals surface area contributed by atoms with Crippen molar-refractivity contribution in [3.8, 4) is 16.9 Å². The molecular formula is C18H15ClN2O. The molecule has 110 valence electrons. The van der Waals surface area contributed by atoms with Gasteiger partial charge in [-0.2, -0.15) is 0 Å². The minimum atomic E-state index is 0.461. The van der Waals surface area contributed by atoms with Gasteiger partial charge in [0.25, 0.3) is 0 Å². The van der Waals surface area contributed by atoms with Gasteiger partial charge < -0.3 is 10.5 Å². The van der Waals surface area contributed by atoms with Crippen molar-refractivity contribution in [2.24, 2.45) is 0 Å². The molecule has 0 bridgehead atoms. The van der Waals surface area contributed by atoms with Crippen LogP contribution in [0.5, 0.6) is 5.75 Å². The Morgan fingerprint density at radius 1 is 1.00 bits per heavy atom. The van der Waals surface area contributed by atoms with Gasteiger partial charge in [0, 0.05) is 11.8 Å². The molecule has 22 heavy (non-hydrogen) atoms. The topological polar surface area (TPSA) is 48.1 Å². The number of rotatable bonds is 4. The minimum Gasteiger partial charge on any atom is -0.489 e. The quantitative estimate of drug-likeness (QED) is 0.768. The molecule has 0 atom stereocenters. The monoisotopic (exact) mass is 310 g/mol. The summed E-state index contributed by atoms with van der Waals surface area (Å²) in [5.41, 5.74) is 8.81. The number of hydrogen-bond acceptors (Lipinski definition) is 3. The molecule has 0 unspecified atom stereocenters. The summed E-state index contributed by atoms with van der Waals surface area (Å²) in [4.78, 5) is 4.07. The Kier molecular flexibility index (Phi) is 4.26. The SMILES string of the molecule is Nc1ncc(Cl)cc1-c1ccc(OCc2ccccc2)cc1. The maximum atomic E-state index is 5.97. The first-order valence-corrected chi connectivity index (χ1v) is 7.28. The van der Waals surface area contributed by atoms with Crippen molar-refractivity contribution in [2.75, 3.05) is 5.73 Å². The number of ether oxygens (including phenoxy) is 1. The highest BCUT2D eigenvalue weighted by molar-refractivity contribution is 6.30. The van der Waals surface area contributed by atoms with Crippen LogP contribution < -0.4 is 10.5 Å². The van der Waals surface area contributed by atoms with Crippen LogP contribution in [-0.2, 0) is 6.61 Å². The van der Waals surface area contributed by atoms with Crippen molar-refractivity contribution in [3.05, 3.63) is 77.4 Å². The number of anilines is 1. The number of halogens is 1. The first kappa shape index (κ1) is 14.4. The molecule has 0 amide bonds. The van der Waals surface area contributed by atoms with Crippen molar-refractivity contribution in [2.45, 2.75) is 6.61 Å². The summed E-state index contributed by atoms with van der Waals surface area (Å²) < 4.78 is 5.76. The predicted molar refractivity (Wildman–Crippen MR) is 89.9 cm³/mol. The van der Waals surface area contributed by atoms with Crippen LogP contribution in [0.25, 0.3) is 11.1 Å². The Hall–Kier alpha value is -2.52. The fraction of sp³-hybridized carbons (Fsp3) is 0.0556. The molecule has 4 heteroatoms. The zero-order valence-corrected chi connectivity index (χ0v) is 12.6. The third kappa shape index (κ3) is 3.38. The summed E-state index contributed by atoms with van der Waals surface area (Å²) >= 11 is 5.97. The molecular weight excluding hydrogens is 296 g/mol. The number of nitrogens with zero attached hydrogens (tertiary/aromatic N) is 1. The summed E-state index contributed by atoms with van der Waals surface area (Å²) in [7, 11) is 0. The fourth-order valence-electron chi connectivity index (χ4n) is 2.15. The normalized spacial score (nSPS) is 10.4. The average molecular weight is 311 g/mol. The summed E-state index contributed by atoms with van der Waals surface area (Å²) in [5, 5.41) is 0.564. The van der Waals surface area contributed by atoms with Crippen LogP contribution >= 0.6 is 11.6 Å². The average Bonchev–Trinajstić information content (AvgIpc) is 2.57. The Bertz CT molecular complexity index is 758. The highest BCUT2D eigenvalue weighted by Crippen LogP contribution is 2.28. The molecule has 3 aromatic rings. The largest absolute Gasteiger partial charge is 0.489 e. The van der Waals surface area contributed by atoms with Gasteiger partial charge in [0.15, 0.2) is 0 Å². The number of benzene rings is 2. The molecule has 1 heterocycles. The maximum Gasteiger partial charge on any atom is 0.131 e. The van der Waals surface area contributed by atoms with Crippen molar-refractivity contribution < 1.29 is 4.74 Å². The number of hydrogen-bond donors (Lipinski definition) is 1. The van der Waals surface area contributed by atoms with E-state index < -0.39 is 0 Å². The number of nitrogens with two attached hydrogens (primary N) is 1.